The van der Waals surface area contributed by atoms with E-state index in [-0.39, 0.29) is 12.1 Å². The molecule has 2 N–H and O–H groups in total. The molecular formula is C10H14N2O4. The van der Waals surface area contributed by atoms with Crippen molar-refractivity contribution in [1.29, 1.82) is 0 Å². The lowest BCUT2D eigenvalue weighted by molar-refractivity contribution is -0.00412. The fourth-order valence-electron chi connectivity index (χ4n) is 1.83. The fraction of sp³-hybridized carbons (Fsp3) is 0.600. The lowest BCUT2D eigenvalue weighted by atomic mass is 10.0. The first-order valence-corrected chi connectivity index (χ1v) is 5.24. The first-order valence-electron chi connectivity index (χ1n) is 5.24. The summed E-state index contributed by atoms with van der Waals surface area (Å²) in [6, 6.07) is 1.72. The third kappa shape index (κ3) is 2.96. The Morgan fingerprint density at radius 2 is 2.50 bits per heavy atom. The third-order valence-corrected chi connectivity index (χ3v) is 2.62. The minimum absolute atomic E-state index is 0.0940. The average Bonchev–Trinajstić information content (AvgIpc) is 2.73. The first-order chi connectivity index (χ1) is 7.74. The number of hydrogen-bond donors (Lipinski definition) is 2. The number of nitrogens with one attached hydrogen (secondary N) is 1. The van der Waals surface area contributed by atoms with Crippen LogP contribution in [0.3, 0.4) is 0 Å². The van der Waals surface area contributed by atoms with Crippen LogP contribution in [0.4, 0.5) is 4.79 Å². The van der Waals surface area contributed by atoms with Gasteiger partial charge < -0.3 is 19.7 Å². The van der Waals surface area contributed by atoms with Crippen molar-refractivity contribution in [3.63, 3.8) is 0 Å². The van der Waals surface area contributed by atoms with Crippen LogP contribution >= 0.6 is 0 Å². The molecule has 2 atom stereocenters. The molecule has 1 saturated heterocycles. The maximum Gasteiger partial charge on any atom is 0.404 e. The maximum atomic E-state index is 10.4. The molecule has 1 aromatic heterocycles. The summed E-state index contributed by atoms with van der Waals surface area (Å²) in [5, 5.41) is 14.6. The van der Waals surface area contributed by atoms with Crippen molar-refractivity contribution in [3.05, 3.63) is 18.0 Å². The van der Waals surface area contributed by atoms with Crippen LogP contribution < -0.4 is 5.32 Å². The Morgan fingerprint density at radius 3 is 3.06 bits per heavy atom. The van der Waals surface area contributed by atoms with Gasteiger partial charge in [-0.25, -0.2) is 4.79 Å². The largest absolute Gasteiger partial charge is 0.465 e. The summed E-state index contributed by atoms with van der Waals surface area (Å²) in [5.41, 5.74) is 0. The smallest absolute Gasteiger partial charge is 0.404 e. The van der Waals surface area contributed by atoms with Crippen LogP contribution in [0.1, 0.15) is 18.6 Å². The number of rotatable bonds is 3. The molecule has 2 rings (SSSR count). The molecule has 0 aliphatic carbocycles. The predicted octanol–water partition coefficient (Wildman–Crippen LogP) is 1.03. The number of ether oxygens (including phenoxy) is 1. The lowest BCUT2D eigenvalue weighted by Gasteiger charge is -2.28. The molecule has 0 spiro atoms. The van der Waals surface area contributed by atoms with E-state index < -0.39 is 6.09 Å². The van der Waals surface area contributed by atoms with Crippen LogP contribution in [0.15, 0.2) is 16.8 Å². The van der Waals surface area contributed by atoms with E-state index in [0.29, 0.717) is 13.0 Å². The summed E-state index contributed by atoms with van der Waals surface area (Å²) in [5.74, 6) is 0.801. The van der Waals surface area contributed by atoms with Crippen molar-refractivity contribution in [2.75, 3.05) is 6.61 Å². The van der Waals surface area contributed by atoms with Crippen LogP contribution in [0.2, 0.25) is 0 Å². The van der Waals surface area contributed by atoms with Gasteiger partial charge in [0.25, 0.3) is 0 Å². The standard InChI is InChI=1S/C10H14N2O4/c13-10(14)12-7-1-2-8(15-6-7)5-9-3-4-11-16-9/h3-4,7-8,12H,1-2,5-6H2,(H,13,14)/t7-,8+/m1/s1. The Kier molecular flexibility index (Phi) is 3.40. The number of carboxylic acid groups (broad SMARTS) is 1. The van der Waals surface area contributed by atoms with Gasteiger partial charge in [-0.15, -0.1) is 0 Å². The van der Waals surface area contributed by atoms with Crippen LogP contribution in [0, 0.1) is 0 Å². The molecule has 0 bridgehead atoms. The summed E-state index contributed by atoms with van der Waals surface area (Å²) in [6.07, 6.45) is 3.02. The summed E-state index contributed by atoms with van der Waals surface area (Å²) in [4.78, 5) is 10.4. The number of carbonyl (C=O) groups is 1. The highest BCUT2D eigenvalue weighted by Crippen LogP contribution is 2.17. The van der Waals surface area contributed by atoms with Crippen molar-refractivity contribution in [2.24, 2.45) is 0 Å². The van der Waals surface area contributed by atoms with Crippen molar-refractivity contribution in [3.8, 4) is 0 Å². The zero-order valence-electron chi connectivity index (χ0n) is 8.76. The molecule has 0 unspecified atom stereocenters. The Labute approximate surface area is 92.6 Å². The molecule has 6 heteroatoms. The normalized spacial score (nSPS) is 25.2. The van der Waals surface area contributed by atoms with Crippen LogP contribution in [-0.4, -0.2) is 35.1 Å². The van der Waals surface area contributed by atoms with Crippen LogP contribution in [0.5, 0.6) is 0 Å². The molecule has 0 saturated carbocycles. The SMILES string of the molecule is O=C(O)N[C@@H]1CC[C@@H](Cc2ccno2)OC1. The molecule has 1 aliphatic heterocycles. The third-order valence-electron chi connectivity index (χ3n) is 2.62. The van der Waals surface area contributed by atoms with E-state index in [9.17, 15) is 4.79 Å². The Hall–Kier alpha value is -1.56. The van der Waals surface area contributed by atoms with Crippen molar-refractivity contribution in [1.82, 2.24) is 10.5 Å². The van der Waals surface area contributed by atoms with Crippen molar-refractivity contribution >= 4 is 6.09 Å². The van der Waals surface area contributed by atoms with Gasteiger partial charge in [0, 0.05) is 12.5 Å². The van der Waals surface area contributed by atoms with Gasteiger partial charge in [0.1, 0.15) is 5.76 Å². The molecule has 6 nitrogen and oxygen atoms in total. The van der Waals surface area contributed by atoms with Gasteiger partial charge in [0.05, 0.1) is 24.9 Å². The number of aromatic nitrogens is 1. The van der Waals surface area contributed by atoms with Crippen LogP contribution in [-0.2, 0) is 11.2 Å². The molecule has 0 aromatic carbocycles. The van der Waals surface area contributed by atoms with Gasteiger partial charge in [0.2, 0.25) is 0 Å². The summed E-state index contributed by atoms with van der Waals surface area (Å²) in [7, 11) is 0. The lowest BCUT2D eigenvalue weighted by Crippen LogP contribution is -2.42. The van der Waals surface area contributed by atoms with Gasteiger partial charge in [-0.2, -0.15) is 0 Å². The molecule has 16 heavy (non-hydrogen) atoms. The van der Waals surface area contributed by atoms with Gasteiger partial charge in [0.15, 0.2) is 0 Å². The Bertz CT molecular complexity index is 331. The second kappa shape index (κ2) is 4.98. The first kappa shape index (κ1) is 10.9. The van der Waals surface area contributed by atoms with Crippen LogP contribution in [0.25, 0.3) is 0 Å². The fourth-order valence-corrected chi connectivity index (χ4v) is 1.83. The number of amides is 1. The van der Waals surface area contributed by atoms with E-state index in [1.807, 2.05) is 6.07 Å². The Balaban J connectivity index is 1.75. The molecule has 1 fully saturated rings. The van der Waals surface area contributed by atoms with E-state index in [1.54, 1.807) is 6.20 Å². The quantitative estimate of drug-likeness (QED) is 0.804. The average molecular weight is 226 g/mol. The van der Waals surface area contributed by atoms with E-state index in [0.717, 1.165) is 18.6 Å². The van der Waals surface area contributed by atoms with Gasteiger partial charge in [-0.1, -0.05) is 5.16 Å². The zero-order chi connectivity index (χ0) is 11.4. The molecule has 0 radical (unpaired) electrons. The minimum Gasteiger partial charge on any atom is -0.465 e. The van der Waals surface area contributed by atoms with E-state index in [1.165, 1.54) is 0 Å². The summed E-state index contributed by atoms with van der Waals surface area (Å²) in [6.45, 7) is 0.422. The highest BCUT2D eigenvalue weighted by atomic mass is 16.5. The molecule has 2 heterocycles. The summed E-state index contributed by atoms with van der Waals surface area (Å²) >= 11 is 0. The highest BCUT2D eigenvalue weighted by molar-refractivity contribution is 5.64. The predicted molar refractivity (Wildman–Crippen MR) is 54.1 cm³/mol. The van der Waals surface area contributed by atoms with Crippen molar-refractivity contribution in [2.45, 2.75) is 31.4 Å². The second-order valence-corrected chi connectivity index (χ2v) is 3.86. The van der Waals surface area contributed by atoms with Gasteiger partial charge in [-0.3, -0.25) is 0 Å². The van der Waals surface area contributed by atoms with Gasteiger partial charge >= 0.3 is 6.09 Å². The van der Waals surface area contributed by atoms with E-state index in [4.69, 9.17) is 14.4 Å². The van der Waals surface area contributed by atoms with E-state index >= 15 is 0 Å². The molecule has 1 aromatic rings. The highest BCUT2D eigenvalue weighted by Gasteiger charge is 2.23. The minimum atomic E-state index is -0.998. The number of hydrogen-bond acceptors (Lipinski definition) is 4. The van der Waals surface area contributed by atoms with E-state index in [2.05, 4.69) is 10.5 Å². The molecule has 1 amide bonds. The second-order valence-electron chi connectivity index (χ2n) is 3.86. The monoisotopic (exact) mass is 226 g/mol. The summed E-state index contributed by atoms with van der Waals surface area (Å²) < 4.78 is 10.5. The van der Waals surface area contributed by atoms with Gasteiger partial charge in [-0.05, 0) is 12.8 Å². The number of nitrogens with zero attached hydrogens (tertiary/aromatic N) is 1. The topological polar surface area (TPSA) is 84.6 Å². The Morgan fingerprint density at radius 1 is 1.62 bits per heavy atom. The van der Waals surface area contributed by atoms with Crippen molar-refractivity contribution < 1.29 is 19.2 Å². The molecule has 1 aliphatic rings. The molecular weight excluding hydrogens is 212 g/mol. The molecule has 88 valence electrons. The maximum absolute atomic E-state index is 10.4. The zero-order valence-corrected chi connectivity index (χ0v) is 8.76.